The number of nitro groups is 1. The molecule has 10 nitrogen and oxygen atoms in total. The second-order valence-electron chi connectivity index (χ2n) is 8.61. The third-order valence-corrected chi connectivity index (χ3v) is 6.42. The molecule has 1 heterocycles. The summed E-state index contributed by atoms with van der Waals surface area (Å²) < 4.78 is 20.6. The van der Waals surface area contributed by atoms with Crippen molar-refractivity contribution in [3.8, 4) is 5.75 Å². The molecule has 3 aromatic carbocycles. The van der Waals surface area contributed by atoms with Gasteiger partial charge in [-0.1, -0.05) is 46.9 Å². The number of unbranched alkanes of at least 4 members (excludes halogenated alkanes) is 1. The first kappa shape index (κ1) is 28.8. The highest BCUT2D eigenvalue weighted by Gasteiger charge is 2.22. The molecule has 0 unspecified atom stereocenters. The van der Waals surface area contributed by atoms with Crippen molar-refractivity contribution in [2.24, 2.45) is 5.10 Å². The van der Waals surface area contributed by atoms with Gasteiger partial charge in [0.05, 0.1) is 27.1 Å². The molecule has 1 aromatic heterocycles. The van der Waals surface area contributed by atoms with Crippen LogP contribution in [0.1, 0.15) is 31.2 Å². The third kappa shape index (κ3) is 6.88. The summed E-state index contributed by atoms with van der Waals surface area (Å²) in [4.78, 5) is 41.2. The van der Waals surface area contributed by atoms with Crippen molar-refractivity contribution in [1.82, 2.24) is 9.66 Å². The Kier molecular flexibility index (Phi) is 9.22. The lowest BCUT2D eigenvalue weighted by Crippen LogP contribution is -2.22. The van der Waals surface area contributed by atoms with Crippen LogP contribution < -0.4 is 15.6 Å². The van der Waals surface area contributed by atoms with Crippen molar-refractivity contribution in [2.45, 2.75) is 26.2 Å². The van der Waals surface area contributed by atoms with Crippen LogP contribution in [0.25, 0.3) is 10.9 Å². The Balaban J connectivity index is 1.62. The number of carbonyl (C=O) groups is 1. The average Bonchev–Trinajstić information content (AvgIpc) is 2.91. The van der Waals surface area contributed by atoms with E-state index >= 15 is 0 Å². The molecule has 4 rings (SSSR count). The molecular formula is C27H22BrClFN5O5. The number of fused-ring (bicyclic) bond motifs is 1. The number of hydrogen-bond acceptors (Lipinski definition) is 7. The largest absolute Gasteiger partial charge is 0.476 e. The first-order chi connectivity index (χ1) is 19.2. The Bertz CT molecular complexity index is 1690. The molecule has 0 saturated heterocycles. The minimum atomic E-state index is -0.711. The van der Waals surface area contributed by atoms with Gasteiger partial charge in [-0.05, 0) is 48.9 Å². The van der Waals surface area contributed by atoms with E-state index in [9.17, 15) is 24.1 Å². The highest BCUT2D eigenvalue weighted by atomic mass is 79.9. The number of amides is 1. The molecule has 0 aliphatic rings. The lowest BCUT2D eigenvalue weighted by Gasteiger charge is -2.11. The molecule has 0 saturated carbocycles. The molecule has 0 spiro atoms. The maximum absolute atomic E-state index is 13.3. The summed E-state index contributed by atoms with van der Waals surface area (Å²) in [6, 6.07) is 12.9. The smallest absolute Gasteiger partial charge is 0.313 e. The fraction of sp³-hybridized carbons (Fsp3) is 0.185. The zero-order chi connectivity index (χ0) is 28.8. The molecule has 0 aliphatic carbocycles. The van der Waals surface area contributed by atoms with Crippen molar-refractivity contribution in [1.29, 1.82) is 0 Å². The van der Waals surface area contributed by atoms with Gasteiger partial charge >= 0.3 is 5.69 Å². The van der Waals surface area contributed by atoms with Gasteiger partial charge in [0.1, 0.15) is 11.6 Å². The number of aryl methyl sites for hydroxylation is 1. The van der Waals surface area contributed by atoms with Crippen LogP contribution in [0.2, 0.25) is 5.02 Å². The van der Waals surface area contributed by atoms with Gasteiger partial charge in [-0.2, -0.15) is 9.78 Å². The summed E-state index contributed by atoms with van der Waals surface area (Å²) in [6.45, 7) is 1.40. The minimum Gasteiger partial charge on any atom is -0.476 e. The van der Waals surface area contributed by atoms with Crippen LogP contribution in [0.4, 0.5) is 15.8 Å². The summed E-state index contributed by atoms with van der Waals surface area (Å²) in [7, 11) is 0. The van der Waals surface area contributed by atoms with E-state index in [0.29, 0.717) is 27.6 Å². The lowest BCUT2D eigenvalue weighted by atomic mass is 10.2. The number of halogens is 3. The van der Waals surface area contributed by atoms with Crippen LogP contribution in [-0.2, 0) is 11.2 Å². The Morgan fingerprint density at radius 2 is 2.08 bits per heavy atom. The number of rotatable bonds is 10. The Hall–Kier alpha value is -4.16. The molecule has 40 heavy (non-hydrogen) atoms. The molecule has 1 amide bonds. The Morgan fingerprint density at radius 1 is 1.27 bits per heavy atom. The standard InChI is InChI=1S/C27H22BrClFN5O5/c1-2-3-7-24-33-22-9-8-17(28)12-20(22)27(37)34(24)31-14-16-10-21(29)26(23(11-16)35(38)39)40-15-25(36)32-19-6-4-5-18(30)13-19/h4-6,8-14H,2-3,7,15H2,1H3,(H,32,36). The maximum Gasteiger partial charge on any atom is 0.313 e. The Labute approximate surface area is 240 Å². The zero-order valence-corrected chi connectivity index (χ0v) is 23.4. The van der Waals surface area contributed by atoms with Gasteiger partial charge in [-0.15, -0.1) is 0 Å². The minimum absolute atomic E-state index is 0.145. The van der Waals surface area contributed by atoms with E-state index in [1.54, 1.807) is 18.2 Å². The lowest BCUT2D eigenvalue weighted by molar-refractivity contribution is -0.385. The number of anilines is 1. The number of carbonyl (C=O) groups excluding carboxylic acids is 1. The molecule has 1 N–H and O–H groups in total. The summed E-state index contributed by atoms with van der Waals surface area (Å²) in [5.74, 6) is -1.09. The zero-order valence-electron chi connectivity index (χ0n) is 21.1. The topological polar surface area (TPSA) is 129 Å². The van der Waals surface area contributed by atoms with E-state index in [2.05, 4.69) is 31.3 Å². The molecular weight excluding hydrogens is 609 g/mol. The molecule has 0 bridgehead atoms. The number of nitrogens with zero attached hydrogens (tertiary/aromatic N) is 4. The number of hydrogen-bond donors (Lipinski definition) is 1. The average molecular weight is 631 g/mol. The van der Waals surface area contributed by atoms with E-state index in [-0.39, 0.29) is 22.0 Å². The first-order valence-electron chi connectivity index (χ1n) is 12.1. The molecule has 4 aromatic rings. The highest BCUT2D eigenvalue weighted by molar-refractivity contribution is 9.10. The summed E-state index contributed by atoms with van der Waals surface area (Å²) in [5.41, 5.74) is 0.0540. The van der Waals surface area contributed by atoms with Crippen molar-refractivity contribution in [3.63, 3.8) is 0 Å². The van der Waals surface area contributed by atoms with Crippen LogP contribution in [0, 0.1) is 15.9 Å². The number of benzene rings is 3. The van der Waals surface area contributed by atoms with E-state index in [1.807, 2.05) is 6.92 Å². The van der Waals surface area contributed by atoms with Crippen LogP contribution in [0.5, 0.6) is 5.75 Å². The maximum atomic E-state index is 13.3. The molecule has 206 valence electrons. The fourth-order valence-electron chi connectivity index (χ4n) is 3.79. The van der Waals surface area contributed by atoms with Crippen LogP contribution >= 0.6 is 27.5 Å². The van der Waals surface area contributed by atoms with Crippen molar-refractivity contribution in [2.75, 3.05) is 11.9 Å². The van der Waals surface area contributed by atoms with Crippen molar-refractivity contribution < 1.29 is 18.8 Å². The van der Waals surface area contributed by atoms with E-state index in [0.717, 1.165) is 25.0 Å². The van der Waals surface area contributed by atoms with E-state index in [4.69, 9.17) is 16.3 Å². The SMILES string of the molecule is CCCCc1nc2ccc(Br)cc2c(=O)n1N=Cc1cc(Cl)c(OCC(=O)Nc2cccc(F)c2)c([N+](=O)[O-])c1. The fourth-order valence-corrected chi connectivity index (χ4v) is 4.43. The monoisotopic (exact) mass is 629 g/mol. The van der Waals surface area contributed by atoms with Gasteiger partial charge in [0.25, 0.3) is 11.5 Å². The summed E-state index contributed by atoms with van der Waals surface area (Å²) >= 11 is 9.65. The van der Waals surface area contributed by atoms with Gasteiger partial charge in [-0.3, -0.25) is 19.7 Å². The van der Waals surface area contributed by atoms with Gasteiger partial charge in [0.2, 0.25) is 5.75 Å². The first-order valence-corrected chi connectivity index (χ1v) is 13.2. The second kappa shape index (κ2) is 12.8. The normalized spacial score (nSPS) is 11.2. The number of aromatic nitrogens is 2. The number of nitro benzene ring substituents is 1. The predicted octanol–water partition coefficient (Wildman–Crippen LogP) is 6.10. The van der Waals surface area contributed by atoms with E-state index in [1.165, 1.54) is 35.2 Å². The van der Waals surface area contributed by atoms with Gasteiger partial charge in [0, 0.05) is 28.2 Å². The quantitative estimate of drug-likeness (QED) is 0.128. The van der Waals surface area contributed by atoms with Gasteiger partial charge < -0.3 is 10.1 Å². The Morgan fingerprint density at radius 3 is 2.80 bits per heavy atom. The predicted molar refractivity (Wildman–Crippen MR) is 154 cm³/mol. The van der Waals surface area contributed by atoms with Crippen molar-refractivity contribution >= 4 is 61.9 Å². The number of nitrogens with one attached hydrogen (secondary N) is 1. The number of ether oxygens (including phenoxy) is 1. The van der Waals surface area contributed by atoms with E-state index < -0.39 is 34.5 Å². The molecule has 0 radical (unpaired) electrons. The molecule has 0 fully saturated rings. The van der Waals surface area contributed by atoms with Crippen molar-refractivity contribution in [3.05, 3.63) is 102 Å². The highest BCUT2D eigenvalue weighted by Crippen LogP contribution is 2.36. The van der Waals surface area contributed by atoms with Crippen LogP contribution in [0.15, 0.2) is 69.0 Å². The second-order valence-corrected chi connectivity index (χ2v) is 9.93. The molecule has 0 aliphatic heterocycles. The summed E-state index contributed by atoms with van der Waals surface area (Å²) in [5, 5.41) is 18.7. The van der Waals surface area contributed by atoms with Gasteiger partial charge in [-0.25, -0.2) is 9.37 Å². The van der Waals surface area contributed by atoms with Crippen LogP contribution in [-0.4, -0.2) is 33.3 Å². The molecule has 0 atom stereocenters. The summed E-state index contributed by atoms with van der Waals surface area (Å²) in [6.07, 6.45) is 3.42. The molecule has 13 heteroatoms. The van der Waals surface area contributed by atoms with Crippen LogP contribution in [0.3, 0.4) is 0 Å². The third-order valence-electron chi connectivity index (χ3n) is 5.65. The van der Waals surface area contributed by atoms with Gasteiger partial charge in [0.15, 0.2) is 6.61 Å².